The summed E-state index contributed by atoms with van der Waals surface area (Å²) < 4.78 is 28.0. The average Bonchev–Trinajstić information content (AvgIpc) is 2.73. The number of aromatic nitrogens is 1. The zero-order valence-corrected chi connectivity index (χ0v) is 17.5. The van der Waals surface area contributed by atoms with Crippen LogP contribution in [0, 0.1) is 0 Å². The highest BCUT2D eigenvalue weighted by molar-refractivity contribution is 9.10. The molecule has 148 valence electrons. The van der Waals surface area contributed by atoms with Crippen molar-refractivity contribution in [1.29, 1.82) is 0 Å². The number of hydrogen-bond donors (Lipinski definition) is 1. The van der Waals surface area contributed by atoms with Crippen LogP contribution in [0.3, 0.4) is 0 Å². The summed E-state index contributed by atoms with van der Waals surface area (Å²) >= 11 is 3.36. The van der Waals surface area contributed by atoms with E-state index < -0.39 is 22.5 Å². The molecule has 7 nitrogen and oxygen atoms in total. The summed E-state index contributed by atoms with van der Waals surface area (Å²) in [5, 5.41) is 3.90. The fraction of sp³-hybridized carbons (Fsp3) is 0.0500. The first-order valence-corrected chi connectivity index (χ1v) is 10.8. The number of amides is 1. The molecule has 1 amide bonds. The maximum atomic E-state index is 13.1. The molecule has 0 aliphatic rings. The summed E-state index contributed by atoms with van der Waals surface area (Å²) in [6.07, 6.45) is 2.94. The van der Waals surface area contributed by atoms with Crippen molar-refractivity contribution in [2.24, 2.45) is 5.10 Å². The van der Waals surface area contributed by atoms with Crippen LogP contribution in [0.1, 0.15) is 5.56 Å². The highest BCUT2D eigenvalue weighted by atomic mass is 79.9. The third kappa shape index (κ3) is 5.49. The zero-order valence-electron chi connectivity index (χ0n) is 15.1. The molecule has 3 aromatic rings. The molecule has 0 spiro atoms. The van der Waals surface area contributed by atoms with Crippen LogP contribution < -0.4 is 9.73 Å². The predicted molar refractivity (Wildman–Crippen MR) is 115 cm³/mol. The molecule has 0 saturated carbocycles. The van der Waals surface area contributed by atoms with Gasteiger partial charge in [-0.25, -0.2) is 23.1 Å². The van der Waals surface area contributed by atoms with Crippen molar-refractivity contribution in [1.82, 2.24) is 10.4 Å². The van der Waals surface area contributed by atoms with Crippen LogP contribution in [-0.2, 0) is 14.8 Å². The molecule has 0 bridgehead atoms. The number of benzene rings is 2. The molecule has 0 atom stereocenters. The Hall–Kier alpha value is -3.04. The van der Waals surface area contributed by atoms with Crippen LogP contribution in [0.15, 0.2) is 93.5 Å². The number of rotatable bonds is 7. The van der Waals surface area contributed by atoms with Gasteiger partial charge in [-0.3, -0.25) is 4.79 Å². The first-order chi connectivity index (χ1) is 14.0. The summed E-state index contributed by atoms with van der Waals surface area (Å²) in [7, 11) is -3.98. The lowest BCUT2D eigenvalue weighted by atomic mass is 10.2. The lowest BCUT2D eigenvalue weighted by Crippen LogP contribution is -2.40. The van der Waals surface area contributed by atoms with Gasteiger partial charge in [-0.2, -0.15) is 5.10 Å². The first-order valence-electron chi connectivity index (χ1n) is 8.53. The number of carbonyl (C=O) groups excluding carboxylic acids is 1. The quantitative estimate of drug-likeness (QED) is 0.422. The normalized spacial score (nSPS) is 11.3. The van der Waals surface area contributed by atoms with Crippen LogP contribution in [0.5, 0.6) is 0 Å². The molecular formula is C20H17BrN4O3S. The van der Waals surface area contributed by atoms with Crippen LogP contribution in [0.4, 0.5) is 5.82 Å². The molecule has 0 aliphatic carbocycles. The maximum absolute atomic E-state index is 13.1. The number of carbonyl (C=O) groups is 1. The molecule has 9 heteroatoms. The molecule has 1 heterocycles. The Morgan fingerprint density at radius 2 is 1.83 bits per heavy atom. The number of halogens is 1. The van der Waals surface area contributed by atoms with Gasteiger partial charge in [0.1, 0.15) is 12.4 Å². The van der Waals surface area contributed by atoms with Gasteiger partial charge in [0.15, 0.2) is 0 Å². The highest BCUT2D eigenvalue weighted by Gasteiger charge is 2.27. The van der Waals surface area contributed by atoms with Crippen LogP contribution >= 0.6 is 15.9 Å². The molecule has 2 aromatic carbocycles. The van der Waals surface area contributed by atoms with Gasteiger partial charge in [-0.1, -0.05) is 52.3 Å². The zero-order chi connectivity index (χ0) is 20.7. The number of pyridine rings is 1. The minimum atomic E-state index is -3.98. The second-order valence-electron chi connectivity index (χ2n) is 5.86. The molecule has 0 unspecified atom stereocenters. The summed E-state index contributed by atoms with van der Waals surface area (Å²) in [6.45, 7) is -0.468. The van der Waals surface area contributed by atoms with Gasteiger partial charge in [0, 0.05) is 10.7 Å². The second kappa shape index (κ2) is 9.44. The molecule has 0 aliphatic heterocycles. The summed E-state index contributed by atoms with van der Waals surface area (Å²) in [4.78, 5) is 16.5. The molecule has 0 saturated heterocycles. The van der Waals surface area contributed by atoms with E-state index in [0.29, 0.717) is 0 Å². The van der Waals surface area contributed by atoms with Gasteiger partial charge < -0.3 is 0 Å². The Morgan fingerprint density at radius 3 is 2.52 bits per heavy atom. The number of nitrogens with one attached hydrogen (secondary N) is 1. The van der Waals surface area contributed by atoms with Crippen LogP contribution in [0.25, 0.3) is 0 Å². The highest BCUT2D eigenvalue weighted by Crippen LogP contribution is 2.21. The molecule has 0 fully saturated rings. The Morgan fingerprint density at radius 1 is 1.07 bits per heavy atom. The van der Waals surface area contributed by atoms with Crippen molar-refractivity contribution in [3.8, 4) is 0 Å². The van der Waals surface area contributed by atoms with Crippen molar-refractivity contribution >= 4 is 43.9 Å². The van der Waals surface area contributed by atoms with Crippen molar-refractivity contribution in [2.75, 3.05) is 10.8 Å². The lowest BCUT2D eigenvalue weighted by Gasteiger charge is -2.22. The second-order valence-corrected chi connectivity index (χ2v) is 8.64. The maximum Gasteiger partial charge on any atom is 0.265 e. The molecule has 3 rings (SSSR count). The summed E-state index contributed by atoms with van der Waals surface area (Å²) in [5.74, 6) is -0.455. The fourth-order valence-corrected chi connectivity index (χ4v) is 4.26. The number of sulfonamides is 1. The van der Waals surface area contributed by atoms with Gasteiger partial charge in [-0.15, -0.1) is 0 Å². The predicted octanol–water partition coefficient (Wildman–Crippen LogP) is 3.19. The van der Waals surface area contributed by atoms with Gasteiger partial charge in [0.05, 0.1) is 11.1 Å². The van der Waals surface area contributed by atoms with E-state index in [1.807, 2.05) is 24.3 Å². The van der Waals surface area contributed by atoms with E-state index in [0.717, 1.165) is 14.3 Å². The minimum Gasteiger partial charge on any atom is -0.271 e. The average molecular weight is 473 g/mol. The fourth-order valence-electron chi connectivity index (χ4n) is 2.44. The monoisotopic (exact) mass is 472 g/mol. The Bertz CT molecular complexity index is 1110. The van der Waals surface area contributed by atoms with E-state index >= 15 is 0 Å². The Labute approximate surface area is 177 Å². The molecule has 0 radical (unpaired) electrons. The van der Waals surface area contributed by atoms with Gasteiger partial charge >= 0.3 is 0 Å². The molecule has 29 heavy (non-hydrogen) atoms. The van der Waals surface area contributed by atoms with Crippen LogP contribution in [-0.4, -0.2) is 32.1 Å². The van der Waals surface area contributed by atoms with Crippen molar-refractivity contribution in [3.63, 3.8) is 0 Å². The van der Waals surface area contributed by atoms with Crippen LogP contribution in [0.2, 0.25) is 0 Å². The lowest BCUT2D eigenvalue weighted by molar-refractivity contribution is -0.119. The summed E-state index contributed by atoms with van der Waals surface area (Å²) in [5.41, 5.74) is 3.13. The number of hydrogen-bond acceptors (Lipinski definition) is 5. The standard InChI is InChI=1S/C20H17BrN4O3S/c21-17-8-6-7-16(13-17)14-23-24-20(26)15-25(19-11-4-5-12-22-19)29(27,28)18-9-2-1-3-10-18/h1-14H,15H2,(H,24,26)/b23-14-. The third-order valence-corrected chi connectivity index (χ3v) is 6.03. The van der Waals surface area contributed by atoms with Gasteiger partial charge in [-0.05, 0) is 42.0 Å². The van der Waals surface area contributed by atoms with Crippen molar-refractivity contribution < 1.29 is 13.2 Å². The molecule has 1 N–H and O–H groups in total. The first kappa shape index (κ1) is 20.7. The van der Waals surface area contributed by atoms with Gasteiger partial charge in [0.2, 0.25) is 0 Å². The van der Waals surface area contributed by atoms with Gasteiger partial charge in [0.25, 0.3) is 15.9 Å². The summed E-state index contributed by atoms with van der Waals surface area (Å²) in [6, 6.07) is 20.1. The number of anilines is 1. The van der Waals surface area contributed by atoms with Crippen molar-refractivity contribution in [2.45, 2.75) is 4.90 Å². The number of nitrogens with zero attached hydrogens (tertiary/aromatic N) is 3. The van der Waals surface area contributed by atoms with E-state index in [1.54, 1.807) is 30.3 Å². The van der Waals surface area contributed by atoms with E-state index in [9.17, 15) is 13.2 Å². The molecular weight excluding hydrogens is 456 g/mol. The van der Waals surface area contributed by atoms with E-state index in [1.165, 1.54) is 30.6 Å². The largest absolute Gasteiger partial charge is 0.271 e. The van der Waals surface area contributed by atoms with E-state index in [2.05, 4.69) is 31.4 Å². The van der Waals surface area contributed by atoms with E-state index in [-0.39, 0.29) is 10.7 Å². The van der Waals surface area contributed by atoms with Crippen molar-refractivity contribution in [3.05, 3.63) is 89.0 Å². The van der Waals surface area contributed by atoms with E-state index in [4.69, 9.17) is 0 Å². The minimum absolute atomic E-state index is 0.0658. The SMILES string of the molecule is O=C(CN(c1ccccn1)S(=O)(=O)c1ccccc1)N/N=C\c1cccc(Br)c1. The third-order valence-electron chi connectivity index (χ3n) is 3.77. The smallest absolute Gasteiger partial charge is 0.265 e. The topological polar surface area (TPSA) is 91.7 Å². The Balaban J connectivity index is 1.79. The number of hydrazone groups is 1. The molecule has 1 aromatic heterocycles. The Kier molecular flexibility index (Phi) is 6.73.